The molecule has 0 aliphatic carbocycles. The summed E-state index contributed by atoms with van der Waals surface area (Å²) in [5.41, 5.74) is -0.368. The van der Waals surface area contributed by atoms with E-state index < -0.39 is 18.3 Å². The van der Waals surface area contributed by atoms with Crippen LogP contribution < -0.4 is 4.90 Å². The number of aliphatic hydroxyl groups is 1. The van der Waals surface area contributed by atoms with Crippen molar-refractivity contribution in [1.82, 2.24) is 0 Å². The molecule has 0 unspecified atom stereocenters. The highest BCUT2D eigenvalue weighted by Crippen LogP contribution is 2.37. The molecule has 0 atom stereocenters. The minimum absolute atomic E-state index is 0.0915. The molecular weight excluding hydrogens is 271 g/mol. The number of benzene rings is 1. The number of halogens is 3. The molecule has 1 aromatic carbocycles. The van der Waals surface area contributed by atoms with Crippen LogP contribution >= 0.6 is 0 Å². The van der Waals surface area contributed by atoms with Gasteiger partial charge in [0.15, 0.2) is 0 Å². The summed E-state index contributed by atoms with van der Waals surface area (Å²) in [6.07, 6.45) is -4.46. The van der Waals surface area contributed by atoms with Crippen molar-refractivity contribution in [3.8, 4) is 0 Å². The molecule has 114 valence electrons. The molecule has 1 rings (SSSR count). The molecule has 0 heterocycles. The Kier molecular flexibility index (Phi) is 5.83. The highest BCUT2D eigenvalue weighted by Gasteiger charge is 2.35. The molecule has 0 aliphatic rings. The van der Waals surface area contributed by atoms with Gasteiger partial charge in [0.05, 0.1) is 18.8 Å². The standard InChI is InChI=1S/C14H20F3NO2/c1-10(2)18(6-7-20-3)13-5-4-11(9-19)8-12(13)14(15,16)17/h4-5,8,10,19H,6-7,9H2,1-3H3. The molecule has 6 heteroatoms. The molecule has 1 N–H and O–H groups in total. The van der Waals surface area contributed by atoms with E-state index in [4.69, 9.17) is 9.84 Å². The van der Waals surface area contributed by atoms with Gasteiger partial charge in [0.2, 0.25) is 0 Å². The smallest absolute Gasteiger partial charge is 0.392 e. The zero-order valence-corrected chi connectivity index (χ0v) is 11.9. The second-order valence-electron chi connectivity index (χ2n) is 4.79. The zero-order chi connectivity index (χ0) is 15.3. The highest BCUT2D eigenvalue weighted by molar-refractivity contribution is 5.57. The quantitative estimate of drug-likeness (QED) is 0.874. The van der Waals surface area contributed by atoms with E-state index in [-0.39, 0.29) is 17.3 Å². The molecule has 0 aliphatic heterocycles. The molecule has 3 nitrogen and oxygen atoms in total. The maximum absolute atomic E-state index is 13.2. The molecule has 0 saturated carbocycles. The molecule has 0 fully saturated rings. The summed E-state index contributed by atoms with van der Waals surface area (Å²) >= 11 is 0. The lowest BCUT2D eigenvalue weighted by Crippen LogP contribution is -2.35. The lowest BCUT2D eigenvalue weighted by atomic mass is 10.1. The fourth-order valence-electron chi connectivity index (χ4n) is 2.01. The van der Waals surface area contributed by atoms with E-state index in [2.05, 4.69) is 0 Å². The number of alkyl halides is 3. The average Bonchev–Trinajstić information content (AvgIpc) is 2.37. The first-order valence-electron chi connectivity index (χ1n) is 6.37. The number of nitrogens with zero attached hydrogens (tertiary/aromatic N) is 1. The predicted octanol–water partition coefficient (Wildman–Crippen LogP) is 3.06. The molecular formula is C14H20F3NO2. The minimum Gasteiger partial charge on any atom is -0.392 e. The first kappa shape index (κ1) is 16.8. The van der Waals surface area contributed by atoms with Gasteiger partial charge in [0.25, 0.3) is 0 Å². The fourth-order valence-corrected chi connectivity index (χ4v) is 2.01. The Balaban J connectivity index is 3.26. The van der Waals surface area contributed by atoms with Crippen molar-refractivity contribution < 1.29 is 23.0 Å². The first-order valence-corrected chi connectivity index (χ1v) is 6.37. The summed E-state index contributed by atoms with van der Waals surface area (Å²) < 4.78 is 44.5. The van der Waals surface area contributed by atoms with E-state index in [0.29, 0.717) is 13.2 Å². The Morgan fingerprint density at radius 2 is 1.95 bits per heavy atom. The number of ether oxygens (including phenoxy) is 1. The van der Waals surface area contributed by atoms with Crippen LogP contribution in [0.15, 0.2) is 18.2 Å². The van der Waals surface area contributed by atoms with Gasteiger partial charge in [-0.1, -0.05) is 6.07 Å². The second kappa shape index (κ2) is 6.95. The van der Waals surface area contributed by atoms with Crippen LogP contribution in [0.2, 0.25) is 0 Å². The number of rotatable bonds is 6. The van der Waals surface area contributed by atoms with Gasteiger partial charge in [-0.2, -0.15) is 13.2 Å². The number of hydrogen-bond donors (Lipinski definition) is 1. The maximum atomic E-state index is 13.2. The Labute approximate surface area is 117 Å². The second-order valence-corrected chi connectivity index (χ2v) is 4.79. The van der Waals surface area contributed by atoms with Crippen LogP contribution in [0.3, 0.4) is 0 Å². The van der Waals surface area contributed by atoms with E-state index in [0.717, 1.165) is 6.07 Å². The summed E-state index contributed by atoms with van der Waals surface area (Å²) in [6, 6.07) is 3.82. The zero-order valence-electron chi connectivity index (χ0n) is 11.9. The lowest BCUT2D eigenvalue weighted by Gasteiger charge is -2.31. The first-order chi connectivity index (χ1) is 9.31. The molecule has 1 aromatic rings. The van der Waals surface area contributed by atoms with Crippen LogP contribution in [-0.4, -0.2) is 31.4 Å². The largest absolute Gasteiger partial charge is 0.418 e. The van der Waals surface area contributed by atoms with E-state index in [9.17, 15) is 13.2 Å². The third-order valence-corrected chi connectivity index (χ3v) is 3.02. The van der Waals surface area contributed by atoms with Gasteiger partial charge >= 0.3 is 6.18 Å². The van der Waals surface area contributed by atoms with Gasteiger partial charge in [-0.15, -0.1) is 0 Å². The van der Waals surface area contributed by atoms with E-state index >= 15 is 0 Å². The highest BCUT2D eigenvalue weighted by atomic mass is 19.4. The van der Waals surface area contributed by atoms with Gasteiger partial charge < -0.3 is 14.7 Å². The van der Waals surface area contributed by atoms with Crippen LogP contribution in [0.25, 0.3) is 0 Å². The lowest BCUT2D eigenvalue weighted by molar-refractivity contribution is -0.137. The third kappa shape index (κ3) is 4.11. The van der Waals surface area contributed by atoms with Gasteiger partial charge in [-0.3, -0.25) is 0 Å². The Hall–Kier alpha value is -1.27. The molecule has 0 bridgehead atoms. The van der Waals surface area contributed by atoms with Crippen LogP contribution in [0.5, 0.6) is 0 Å². The molecule has 0 spiro atoms. The third-order valence-electron chi connectivity index (χ3n) is 3.02. The van der Waals surface area contributed by atoms with Crippen molar-refractivity contribution in [3.63, 3.8) is 0 Å². The number of hydrogen-bond acceptors (Lipinski definition) is 3. The van der Waals surface area contributed by atoms with E-state index in [1.165, 1.54) is 19.2 Å². The summed E-state index contributed by atoms with van der Waals surface area (Å²) in [5, 5.41) is 9.01. The summed E-state index contributed by atoms with van der Waals surface area (Å²) in [5.74, 6) is 0. The van der Waals surface area contributed by atoms with Crippen molar-refractivity contribution in [2.75, 3.05) is 25.2 Å². The normalized spacial score (nSPS) is 12.0. The topological polar surface area (TPSA) is 32.7 Å². The van der Waals surface area contributed by atoms with Gasteiger partial charge in [0.1, 0.15) is 0 Å². The summed E-state index contributed by atoms with van der Waals surface area (Å²) in [7, 11) is 1.51. The summed E-state index contributed by atoms with van der Waals surface area (Å²) in [4.78, 5) is 1.65. The average molecular weight is 291 g/mol. The number of aliphatic hydroxyl groups excluding tert-OH is 1. The monoisotopic (exact) mass is 291 g/mol. The maximum Gasteiger partial charge on any atom is 0.418 e. The fraction of sp³-hybridized carbons (Fsp3) is 0.571. The Morgan fingerprint density at radius 3 is 2.40 bits per heavy atom. The van der Waals surface area contributed by atoms with Crippen molar-refractivity contribution in [2.24, 2.45) is 0 Å². The van der Waals surface area contributed by atoms with Crippen LogP contribution in [0, 0.1) is 0 Å². The van der Waals surface area contributed by atoms with Crippen molar-refractivity contribution in [3.05, 3.63) is 29.3 Å². The van der Waals surface area contributed by atoms with Crippen LogP contribution in [0.1, 0.15) is 25.0 Å². The molecule has 0 saturated heterocycles. The number of methoxy groups -OCH3 is 1. The van der Waals surface area contributed by atoms with Gasteiger partial charge in [-0.25, -0.2) is 0 Å². The van der Waals surface area contributed by atoms with Gasteiger partial charge in [0, 0.05) is 25.4 Å². The van der Waals surface area contributed by atoms with Crippen molar-refractivity contribution in [2.45, 2.75) is 32.7 Å². The molecule has 0 radical (unpaired) electrons. The minimum atomic E-state index is -4.46. The molecule has 20 heavy (non-hydrogen) atoms. The molecule has 0 amide bonds. The van der Waals surface area contributed by atoms with Gasteiger partial charge in [-0.05, 0) is 31.5 Å². The number of anilines is 1. The molecule has 0 aromatic heterocycles. The SMILES string of the molecule is COCCN(c1ccc(CO)cc1C(F)(F)F)C(C)C. The Morgan fingerprint density at radius 1 is 1.30 bits per heavy atom. The summed E-state index contributed by atoms with van der Waals surface area (Å²) in [6.45, 7) is 3.96. The van der Waals surface area contributed by atoms with E-state index in [1.807, 2.05) is 13.8 Å². The van der Waals surface area contributed by atoms with Crippen molar-refractivity contribution in [1.29, 1.82) is 0 Å². The van der Waals surface area contributed by atoms with Crippen molar-refractivity contribution >= 4 is 5.69 Å². The van der Waals surface area contributed by atoms with Crippen LogP contribution in [0.4, 0.5) is 18.9 Å². The predicted molar refractivity (Wildman–Crippen MR) is 71.7 cm³/mol. The Bertz CT molecular complexity index is 433. The van der Waals surface area contributed by atoms with E-state index in [1.54, 1.807) is 4.90 Å². The van der Waals surface area contributed by atoms with Crippen LogP contribution in [-0.2, 0) is 17.5 Å².